The van der Waals surface area contributed by atoms with Crippen molar-refractivity contribution < 1.29 is 9.84 Å². The summed E-state index contributed by atoms with van der Waals surface area (Å²) < 4.78 is 6.78. The molecule has 0 fully saturated rings. The summed E-state index contributed by atoms with van der Waals surface area (Å²) in [5.41, 5.74) is 2.18. The lowest BCUT2D eigenvalue weighted by molar-refractivity contribution is 0.0594. The van der Waals surface area contributed by atoms with Crippen LogP contribution in [0.2, 0.25) is 0 Å². The summed E-state index contributed by atoms with van der Waals surface area (Å²) in [7, 11) is 3.55. The molecule has 5 heteroatoms. The maximum Gasteiger partial charge on any atom is 0.0841 e. The van der Waals surface area contributed by atoms with Gasteiger partial charge in [-0.15, -0.1) is 0 Å². The molecule has 2 N–H and O–H groups in total. The highest BCUT2D eigenvalue weighted by atomic mass is 16.5. The fraction of sp³-hybridized carbons (Fsp3) is 0.500. The van der Waals surface area contributed by atoms with Gasteiger partial charge in [-0.25, -0.2) is 0 Å². The highest BCUT2D eigenvalue weighted by Crippen LogP contribution is 2.16. The van der Waals surface area contributed by atoms with Crippen molar-refractivity contribution in [1.29, 1.82) is 0 Å². The van der Waals surface area contributed by atoms with Crippen molar-refractivity contribution in [1.82, 2.24) is 15.1 Å². The summed E-state index contributed by atoms with van der Waals surface area (Å²) in [5.74, 6) is 0. The van der Waals surface area contributed by atoms with E-state index in [2.05, 4.69) is 22.5 Å². The van der Waals surface area contributed by atoms with Gasteiger partial charge in [-0.05, 0) is 19.0 Å². The summed E-state index contributed by atoms with van der Waals surface area (Å²) in [6.45, 7) is 1.84. The van der Waals surface area contributed by atoms with Gasteiger partial charge in [0.2, 0.25) is 0 Å². The molecule has 19 heavy (non-hydrogen) atoms. The second-order valence-corrected chi connectivity index (χ2v) is 4.66. The van der Waals surface area contributed by atoms with Crippen LogP contribution < -0.4 is 5.32 Å². The minimum absolute atomic E-state index is 0.383. The average Bonchev–Trinajstić information content (AvgIpc) is 2.73. The Morgan fingerprint density at radius 3 is 3.00 bits per heavy atom. The van der Waals surface area contributed by atoms with Crippen LogP contribution in [0, 0.1) is 0 Å². The third kappa shape index (κ3) is 3.53. The van der Waals surface area contributed by atoms with E-state index in [1.165, 1.54) is 5.39 Å². The first-order chi connectivity index (χ1) is 9.22. The first-order valence-electron chi connectivity index (χ1n) is 6.50. The van der Waals surface area contributed by atoms with E-state index >= 15 is 0 Å². The van der Waals surface area contributed by atoms with Crippen molar-refractivity contribution in [2.24, 2.45) is 7.05 Å². The molecule has 0 aliphatic carbocycles. The Hall–Kier alpha value is -1.43. The predicted octanol–water partition coefficient (Wildman–Crippen LogP) is 1.06. The molecular weight excluding hydrogens is 242 g/mol. The summed E-state index contributed by atoms with van der Waals surface area (Å²) in [4.78, 5) is 0. The Bertz CT molecular complexity index is 524. The zero-order valence-corrected chi connectivity index (χ0v) is 11.5. The number of rotatable bonds is 7. The largest absolute Gasteiger partial charge is 0.391 e. The van der Waals surface area contributed by atoms with Crippen molar-refractivity contribution in [2.75, 3.05) is 20.3 Å². The zero-order valence-electron chi connectivity index (χ0n) is 11.5. The molecule has 0 aliphatic heterocycles. The molecule has 104 valence electrons. The molecule has 5 nitrogen and oxygen atoms in total. The van der Waals surface area contributed by atoms with E-state index in [9.17, 15) is 5.11 Å². The number of aryl methyl sites for hydroxylation is 1. The zero-order chi connectivity index (χ0) is 13.7. The lowest BCUT2D eigenvalue weighted by atomic mass is 10.2. The third-order valence-corrected chi connectivity index (χ3v) is 3.14. The molecule has 2 aromatic rings. The van der Waals surface area contributed by atoms with E-state index in [0.29, 0.717) is 19.6 Å². The molecule has 1 atom stereocenters. The normalized spacial score (nSPS) is 13.0. The number of fused-ring (bicyclic) bond motifs is 1. The molecule has 0 aliphatic rings. The Balaban J connectivity index is 1.88. The summed E-state index contributed by atoms with van der Waals surface area (Å²) in [5, 5.41) is 18.5. The van der Waals surface area contributed by atoms with Crippen LogP contribution in [0.25, 0.3) is 10.9 Å². The van der Waals surface area contributed by atoms with Crippen LogP contribution in [0.5, 0.6) is 0 Å². The number of nitrogens with one attached hydrogen (secondary N) is 1. The van der Waals surface area contributed by atoms with Crippen LogP contribution in [0.15, 0.2) is 24.3 Å². The smallest absolute Gasteiger partial charge is 0.0841 e. The monoisotopic (exact) mass is 263 g/mol. The van der Waals surface area contributed by atoms with E-state index in [4.69, 9.17) is 4.74 Å². The molecule has 0 bridgehead atoms. The Morgan fingerprint density at radius 2 is 2.21 bits per heavy atom. The van der Waals surface area contributed by atoms with Crippen molar-refractivity contribution in [3.05, 3.63) is 30.0 Å². The predicted molar refractivity (Wildman–Crippen MR) is 74.9 cm³/mol. The number of ether oxygens (including phenoxy) is 1. The Kier molecular flexibility index (Phi) is 4.90. The van der Waals surface area contributed by atoms with Crippen LogP contribution in [0.4, 0.5) is 0 Å². The Morgan fingerprint density at radius 1 is 1.42 bits per heavy atom. The quantitative estimate of drug-likeness (QED) is 0.733. The van der Waals surface area contributed by atoms with Gasteiger partial charge in [-0.3, -0.25) is 4.68 Å². The number of methoxy groups -OCH3 is 1. The number of nitrogens with zero attached hydrogens (tertiary/aromatic N) is 2. The molecular formula is C14H21N3O2. The topological polar surface area (TPSA) is 59.3 Å². The molecule has 1 aromatic heterocycles. The number of aliphatic hydroxyl groups excluding tert-OH is 1. The van der Waals surface area contributed by atoms with Gasteiger partial charge in [0.15, 0.2) is 0 Å². The van der Waals surface area contributed by atoms with Gasteiger partial charge in [-0.2, -0.15) is 5.10 Å². The van der Waals surface area contributed by atoms with Crippen LogP contribution >= 0.6 is 0 Å². The van der Waals surface area contributed by atoms with Crippen molar-refractivity contribution >= 4 is 10.9 Å². The van der Waals surface area contributed by atoms with E-state index in [1.807, 2.05) is 23.9 Å². The van der Waals surface area contributed by atoms with E-state index in [1.54, 1.807) is 7.11 Å². The van der Waals surface area contributed by atoms with Gasteiger partial charge >= 0.3 is 0 Å². The minimum Gasteiger partial charge on any atom is -0.391 e. The second-order valence-electron chi connectivity index (χ2n) is 4.66. The highest BCUT2D eigenvalue weighted by molar-refractivity contribution is 5.81. The molecule has 0 radical (unpaired) electrons. The first-order valence-corrected chi connectivity index (χ1v) is 6.50. The fourth-order valence-corrected chi connectivity index (χ4v) is 2.17. The number of para-hydroxylation sites is 1. The van der Waals surface area contributed by atoms with Crippen molar-refractivity contribution in [2.45, 2.75) is 19.1 Å². The average molecular weight is 263 g/mol. The number of hydrogen-bond acceptors (Lipinski definition) is 4. The summed E-state index contributed by atoms with van der Waals surface area (Å²) in [6, 6.07) is 8.19. The highest BCUT2D eigenvalue weighted by Gasteiger charge is 2.07. The van der Waals surface area contributed by atoms with Crippen LogP contribution in [-0.4, -0.2) is 41.3 Å². The third-order valence-electron chi connectivity index (χ3n) is 3.14. The van der Waals surface area contributed by atoms with Gasteiger partial charge in [-0.1, -0.05) is 18.2 Å². The number of benzene rings is 1. The van der Waals surface area contributed by atoms with Gasteiger partial charge in [0, 0.05) is 26.1 Å². The van der Waals surface area contributed by atoms with Crippen LogP contribution in [-0.2, 0) is 18.3 Å². The molecule has 0 saturated carbocycles. The summed E-state index contributed by atoms with van der Waals surface area (Å²) in [6.07, 6.45) is 0.275. The van der Waals surface area contributed by atoms with E-state index in [-0.39, 0.29) is 0 Å². The Labute approximate surface area is 113 Å². The number of hydrogen-bond donors (Lipinski definition) is 2. The van der Waals surface area contributed by atoms with E-state index in [0.717, 1.165) is 17.8 Å². The lowest BCUT2D eigenvalue weighted by Crippen LogP contribution is -2.23. The van der Waals surface area contributed by atoms with Crippen LogP contribution in [0.1, 0.15) is 12.1 Å². The SMILES string of the molecule is COCC(O)CCNCc1nn(C)c2ccccc12. The molecule has 0 spiro atoms. The molecule has 1 aromatic carbocycles. The minimum atomic E-state index is -0.405. The maximum atomic E-state index is 9.54. The van der Waals surface area contributed by atoms with Gasteiger partial charge in [0.25, 0.3) is 0 Å². The molecule has 0 amide bonds. The maximum absolute atomic E-state index is 9.54. The van der Waals surface area contributed by atoms with Crippen molar-refractivity contribution in [3.63, 3.8) is 0 Å². The summed E-state index contributed by atoms with van der Waals surface area (Å²) >= 11 is 0. The van der Waals surface area contributed by atoms with Gasteiger partial charge < -0.3 is 15.2 Å². The number of aromatic nitrogens is 2. The fourth-order valence-electron chi connectivity index (χ4n) is 2.17. The van der Waals surface area contributed by atoms with Crippen LogP contribution in [0.3, 0.4) is 0 Å². The molecule has 0 saturated heterocycles. The molecule has 1 unspecified atom stereocenters. The van der Waals surface area contributed by atoms with Crippen molar-refractivity contribution in [3.8, 4) is 0 Å². The molecule has 2 rings (SSSR count). The van der Waals surface area contributed by atoms with Gasteiger partial charge in [0.1, 0.15) is 0 Å². The number of aliphatic hydroxyl groups is 1. The second kappa shape index (κ2) is 6.65. The first kappa shape index (κ1) is 14.0. The molecule has 1 heterocycles. The van der Waals surface area contributed by atoms with E-state index < -0.39 is 6.10 Å². The lowest BCUT2D eigenvalue weighted by Gasteiger charge is -2.09. The standard InChI is InChI=1S/C14H21N3O2/c1-17-14-6-4-3-5-12(14)13(16-17)9-15-8-7-11(18)10-19-2/h3-6,11,15,18H,7-10H2,1-2H3. The van der Waals surface area contributed by atoms with Gasteiger partial charge in [0.05, 0.1) is 23.9 Å².